The Morgan fingerprint density at radius 1 is 0.909 bits per heavy atom. The van der Waals surface area contributed by atoms with Crippen LogP contribution in [0.1, 0.15) is 81.3 Å². The van der Waals surface area contributed by atoms with Gasteiger partial charge in [0.25, 0.3) is 0 Å². The predicted octanol–water partition coefficient (Wildman–Crippen LogP) is 6.36. The normalized spacial score (nSPS) is 32.9. The summed E-state index contributed by atoms with van der Waals surface area (Å²) in [7, 11) is 0. The third kappa shape index (κ3) is 3.52. The molecule has 2 fully saturated rings. The molecule has 0 spiro atoms. The van der Waals surface area contributed by atoms with Crippen molar-refractivity contribution >= 4 is 0 Å². The van der Waals surface area contributed by atoms with Crippen LogP contribution in [0, 0.1) is 17.7 Å². The van der Waals surface area contributed by atoms with Crippen molar-refractivity contribution in [1.82, 2.24) is 0 Å². The van der Waals surface area contributed by atoms with Gasteiger partial charge in [-0.15, -0.1) is 0 Å². The molecule has 2 aliphatic rings. The molecule has 0 saturated heterocycles. The molecule has 0 aromatic heterocycles. The highest BCUT2D eigenvalue weighted by molar-refractivity contribution is 5.30. The van der Waals surface area contributed by atoms with Crippen LogP contribution in [0.3, 0.4) is 0 Å². The van der Waals surface area contributed by atoms with Crippen LogP contribution in [0.2, 0.25) is 0 Å². The van der Waals surface area contributed by atoms with Gasteiger partial charge in [0.1, 0.15) is 5.82 Å². The summed E-state index contributed by atoms with van der Waals surface area (Å²) < 4.78 is 27.3. The Balaban J connectivity index is 1.67. The quantitative estimate of drug-likeness (QED) is 0.609. The first-order valence-electron chi connectivity index (χ1n) is 9.02. The molecule has 2 saturated carbocycles. The van der Waals surface area contributed by atoms with Crippen molar-refractivity contribution in [2.45, 2.75) is 70.1 Å². The Bertz CT molecular complexity index is 480. The van der Waals surface area contributed by atoms with Crippen LogP contribution in [0.15, 0.2) is 18.2 Å². The fourth-order valence-electron chi connectivity index (χ4n) is 4.35. The Kier molecular flexibility index (Phi) is 5.15. The summed E-state index contributed by atoms with van der Waals surface area (Å²) in [5, 5.41) is 0. The molecule has 0 amide bonds. The summed E-state index contributed by atoms with van der Waals surface area (Å²) in [6, 6.07) is 5.96. The molecule has 0 N–H and O–H groups in total. The second kappa shape index (κ2) is 7.10. The number of rotatable bonds is 3. The van der Waals surface area contributed by atoms with E-state index in [2.05, 4.69) is 13.0 Å². The zero-order valence-electron chi connectivity index (χ0n) is 13.7. The van der Waals surface area contributed by atoms with Gasteiger partial charge in [-0.25, -0.2) is 4.39 Å². The van der Waals surface area contributed by atoms with E-state index in [-0.39, 0.29) is 18.4 Å². The molecule has 1 aromatic carbocycles. The summed E-state index contributed by atoms with van der Waals surface area (Å²) in [5.74, 6) is 1.85. The van der Waals surface area contributed by atoms with Crippen LogP contribution in [-0.2, 0) is 0 Å². The van der Waals surface area contributed by atoms with Crippen LogP contribution < -0.4 is 0 Å². The smallest absolute Gasteiger partial charge is 0.126 e. The van der Waals surface area contributed by atoms with Crippen molar-refractivity contribution in [3.05, 3.63) is 35.1 Å². The Morgan fingerprint density at radius 3 is 2.14 bits per heavy atom. The van der Waals surface area contributed by atoms with Gasteiger partial charge in [0.05, 0.1) is 6.67 Å². The van der Waals surface area contributed by atoms with E-state index >= 15 is 0 Å². The third-order valence-electron chi connectivity index (χ3n) is 6.02. The van der Waals surface area contributed by atoms with Gasteiger partial charge in [0, 0.05) is 0 Å². The average Bonchev–Trinajstić information content (AvgIpc) is 2.56. The third-order valence-corrected chi connectivity index (χ3v) is 6.02. The SMILES string of the molecule is CC1CCC(c2ccc(C3CCC(CF)CC3)c(F)c2)CC1. The van der Waals surface area contributed by atoms with E-state index in [4.69, 9.17) is 0 Å². The number of hydrogen-bond donors (Lipinski definition) is 0. The Morgan fingerprint density at radius 2 is 1.55 bits per heavy atom. The highest BCUT2D eigenvalue weighted by atomic mass is 19.1. The minimum atomic E-state index is -0.214. The van der Waals surface area contributed by atoms with Crippen molar-refractivity contribution in [2.24, 2.45) is 11.8 Å². The lowest BCUT2D eigenvalue weighted by atomic mass is 9.77. The number of alkyl halides is 1. The van der Waals surface area contributed by atoms with E-state index < -0.39 is 0 Å². The molecule has 0 radical (unpaired) electrons. The molecule has 0 nitrogen and oxygen atoms in total. The first kappa shape index (κ1) is 16.0. The minimum absolute atomic E-state index is 0.0279. The highest BCUT2D eigenvalue weighted by Gasteiger charge is 2.25. The second-order valence-corrected chi connectivity index (χ2v) is 7.61. The Hall–Kier alpha value is -0.920. The van der Waals surface area contributed by atoms with Gasteiger partial charge in [0.15, 0.2) is 0 Å². The largest absolute Gasteiger partial charge is 0.251 e. The van der Waals surface area contributed by atoms with E-state index in [1.54, 1.807) is 6.07 Å². The van der Waals surface area contributed by atoms with Gasteiger partial charge in [-0.05, 0) is 79.4 Å². The predicted molar refractivity (Wildman–Crippen MR) is 87.4 cm³/mol. The van der Waals surface area contributed by atoms with Crippen LogP contribution in [0.4, 0.5) is 8.78 Å². The van der Waals surface area contributed by atoms with Gasteiger partial charge in [-0.1, -0.05) is 31.9 Å². The zero-order valence-corrected chi connectivity index (χ0v) is 13.7. The summed E-state index contributed by atoms with van der Waals surface area (Å²) in [5.41, 5.74) is 2.05. The van der Waals surface area contributed by atoms with Gasteiger partial charge >= 0.3 is 0 Å². The lowest BCUT2D eigenvalue weighted by Crippen LogP contribution is -2.16. The zero-order chi connectivity index (χ0) is 15.5. The van der Waals surface area contributed by atoms with E-state index in [1.807, 2.05) is 6.07 Å². The van der Waals surface area contributed by atoms with Crippen LogP contribution in [0.25, 0.3) is 0 Å². The summed E-state index contributed by atoms with van der Waals surface area (Å²) in [6.45, 7) is 2.10. The van der Waals surface area contributed by atoms with E-state index in [1.165, 1.54) is 31.2 Å². The molecule has 122 valence electrons. The molecule has 0 heterocycles. The maximum atomic E-state index is 14.6. The van der Waals surface area contributed by atoms with Crippen molar-refractivity contribution < 1.29 is 8.78 Å². The number of hydrogen-bond acceptors (Lipinski definition) is 0. The van der Waals surface area contributed by atoms with Gasteiger partial charge in [0.2, 0.25) is 0 Å². The molecule has 2 heteroatoms. The first-order chi connectivity index (χ1) is 10.7. The molecule has 0 aliphatic heterocycles. The maximum absolute atomic E-state index is 14.6. The lowest BCUT2D eigenvalue weighted by Gasteiger charge is -2.29. The average molecular weight is 306 g/mol. The number of benzene rings is 1. The van der Waals surface area contributed by atoms with Crippen molar-refractivity contribution in [3.63, 3.8) is 0 Å². The summed E-state index contributed by atoms with van der Waals surface area (Å²) in [6.07, 6.45) is 8.61. The molecule has 0 bridgehead atoms. The summed E-state index contributed by atoms with van der Waals surface area (Å²) >= 11 is 0. The molecule has 2 aliphatic carbocycles. The number of halogens is 2. The van der Waals surface area contributed by atoms with Crippen LogP contribution in [-0.4, -0.2) is 6.67 Å². The van der Waals surface area contributed by atoms with Crippen LogP contribution in [0.5, 0.6) is 0 Å². The molecule has 0 atom stereocenters. The molecule has 22 heavy (non-hydrogen) atoms. The molecular formula is C20H28F2. The van der Waals surface area contributed by atoms with E-state index in [0.29, 0.717) is 11.8 Å². The fourth-order valence-corrected chi connectivity index (χ4v) is 4.35. The molecule has 3 rings (SSSR count). The van der Waals surface area contributed by atoms with Gasteiger partial charge in [-0.2, -0.15) is 0 Å². The van der Waals surface area contributed by atoms with E-state index in [0.717, 1.165) is 37.2 Å². The van der Waals surface area contributed by atoms with Crippen LogP contribution >= 0.6 is 0 Å². The highest BCUT2D eigenvalue weighted by Crippen LogP contribution is 2.39. The maximum Gasteiger partial charge on any atom is 0.126 e. The Labute approximate surface area is 133 Å². The van der Waals surface area contributed by atoms with Gasteiger partial charge in [-0.3, -0.25) is 4.39 Å². The topological polar surface area (TPSA) is 0 Å². The van der Waals surface area contributed by atoms with Crippen molar-refractivity contribution in [1.29, 1.82) is 0 Å². The first-order valence-corrected chi connectivity index (χ1v) is 9.02. The summed E-state index contributed by atoms with van der Waals surface area (Å²) in [4.78, 5) is 0. The fraction of sp³-hybridized carbons (Fsp3) is 0.700. The second-order valence-electron chi connectivity index (χ2n) is 7.61. The van der Waals surface area contributed by atoms with Gasteiger partial charge < -0.3 is 0 Å². The molecular weight excluding hydrogens is 278 g/mol. The van der Waals surface area contributed by atoms with Crippen molar-refractivity contribution in [3.8, 4) is 0 Å². The standard InChI is InChI=1S/C20H28F2/c1-14-2-6-16(7-3-14)18-10-11-19(20(22)12-18)17-8-4-15(13-21)5-9-17/h10-12,14-17H,2-9,13H2,1H3. The molecule has 0 unspecified atom stereocenters. The monoisotopic (exact) mass is 306 g/mol. The minimum Gasteiger partial charge on any atom is -0.251 e. The van der Waals surface area contributed by atoms with E-state index in [9.17, 15) is 8.78 Å². The molecule has 1 aromatic rings. The lowest BCUT2D eigenvalue weighted by molar-refractivity contribution is 0.261. The van der Waals surface area contributed by atoms with Crippen molar-refractivity contribution in [2.75, 3.05) is 6.67 Å².